The number of furan rings is 1. The lowest BCUT2D eigenvalue weighted by molar-refractivity contribution is 0.210. The molecule has 0 radical (unpaired) electrons. The second-order valence-electron chi connectivity index (χ2n) is 5.05. The summed E-state index contributed by atoms with van der Waals surface area (Å²) < 4.78 is 5.35. The molecule has 17 heavy (non-hydrogen) atoms. The average molecular weight is 233 g/mol. The molecule has 0 aromatic carbocycles. The Balaban J connectivity index is 2.17. The SMILES string of the molecule is CN(C)C(C)(C)CNc1nccc2occc12. The topological polar surface area (TPSA) is 41.3 Å². The molecule has 0 aliphatic carbocycles. The number of likely N-dealkylation sites (N-methyl/N-ethyl adjacent to an activating group) is 1. The highest BCUT2D eigenvalue weighted by atomic mass is 16.3. The lowest BCUT2D eigenvalue weighted by Gasteiger charge is -2.32. The third-order valence-electron chi connectivity index (χ3n) is 3.28. The molecule has 2 aromatic heterocycles. The van der Waals surface area contributed by atoms with Gasteiger partial charge in [-0.2, -0.15) is 0 Å². The van der Waals surface area contributed by atoms with Gasteiger partial charge in [-0.05, 0) is 40.1 Å². The maximum Gasteiger partial charge on any atom is 0.139 e. The van der Waals surface area contributed by atoms with Gasteiger partial charge in [-0.3, -0.25) is 0 Å². The number of aromatic nitrogens is 1. The quantitative estimate of drug-likeness (QED) is 0.881. The second kappa shape index (κ2) is 4.37. The molecule has 0 bridgehead atoms. The van der Waals surface area contributed by atoms with Crippen LogP contribution >= 0.6 is 0 Å². The summed E-state index contributed by atoms with van der Waals surface area (Å²) in [5.74, 6) is 0.881. The molecular formula is C13H19N3O. The molecule has 0 saturated heterocycles. The van der Waals surface area contributed by atoms with Gasteiger partial charge in [0.1, 0.15) is 11.4 Å². The van der Waals surface area contributed by atoms with Gasteiger partial charge in [0.15, 0.2) is 0 Å². The van der Waals surface area contributed by atoms with E-state index in [9.17, 15) is 0 Å². The largest absolute Gasteiger partial charge is 0.464 e. The fourth-order valence-corrected chi connectivity index (χ4v) is 1.49. The first-order chi connectivity index (χ1) is 8.00. The minimum Gasteiger partial charge on any atom is -0.464 e. The minimum atomic E-state index is 0.0770. The van der Waals surface area contributed by atoms with E-state index in [1.807, 2.05) is 12.1 Å². The van der Waals surface area contributed by atoms with Crippen LogP contribution in [-0.4, -0.2) is 36.1 Å². The molecule has 0 atom stereocenters. The monoisotopic (exact) mass is 233 g/mol. The van der Waals surface area contributed by atoms with Crippen molar-refractivity contribution < 1.29 is 4.42 Å². The minimum absolute atomic E-state index is 0.0770. The van der Waals surface area contributed by atoms with E-state index < -0.39 is 0 Å². The maximum absolute atomic E-state index is 5.35. The van der Waals surface area contributed by atoms with Gasteiger partial charge in [0, 0.05) is 18.3 Å². The standard InChI is InChI=1S/C13H19N3O/c1-13(2,16(3)4)9-15-12-10-6-8-17-11(10)5-7-14-12/h5-8H,9H2,1-4H3,(H,14,15). The number of nitrogens with one attached hydrogen (secondary N) is 1. The van der Waals surface area contributed by atoms with Gasteiger partial charge in [0.25, 0.3) is 0 Å². The van der Waals surface area contributed by atoms with Crippen LogP contribution in [0.5, 0.6) is 0 Å². The van der Waals surface area contributed by atoms with Gasteiger partial charge >= 0.3 is 0 Å². The first-order valence-corrected chi connectivity index (χ1v) is 5.74. The van der Waals surface area contributed by atoms with Crippen molar-refractivity contribution in [3.05, 3.63) is 24.6 Å². The molecular weight excluding hydrogens is 214 g/mol. The first-order valence-electron chi connectivity index (χ1n) is 5.74. The van der Waals surface area contributed by atoms with E-state index in [0.29, 0.717) is 0 Å². The first kappa shape index (κ1) is 11.9. The molecule has 0 aliphatic heterocycles. The zero-order valence-electron chi connectivity index (χ0n) is 10.8. The van der Waals surface area contributed by atoms with Crippen molar-refractivity contribution >= 4 is 16.8 Å². The van der Waals surface area contributed by atoms with Crippen molar-refractivity contribution in [2.75, 3.05) is 26.0 Å². The summed E-state index contributed by atoms with van der Waals surface area (Å²) in [5.41, 5.74) is 0.943. The van der Waals surface area contributed by atoms with Crippen molar-refractivity contribution in [2.45, 2.75) is 19.4 Å². The van der Waals surface area contributed by atoms with Crippen LogP contribution < -0.4 is 5.32 Å². The van der Waals surface area contributed by atoms with Gasteiger partial charge < -0.3 is 14.6 Å². The summed E-state index contributed by atoms with van der Waals surface area (Å²) in [6, 6.07) is 3.81. The fourth-order valence-electron chi connectivity index (χ4n) is 1.49. The van der Waals surface area contributed by atoms with E-state index in [-0.39, 0.29) is 5.54 Å². The summed E-state index contributed by atoms with van der Waals surface area (Å²) in [4.78, 5) is 6.54. The Morgan fingerprint density at radius 3 is 2.82 bits per heavy atom. The van der Waals surface area contributed by atoms with Crippen LogP contribution in [-0.2, 0) is 0 Å². The van der Waals surface area contributed by atoms with Crippen molar-refractivity contribution in [2.24, 2.45) is 0 Å². The van der Waals surface area contributed by atoms with Crippen molar-refractivity contribution in [1.82, 2.24) is 9.88 Å². The summed E-state index contributed by atoms with van der Waals surface area (Å²) in [6.45, 7) is 5.21. The predicted molar refractivity (Wildman–Crippen MR) is 70.3 cm³/mol. The molecule has 0 aliphatic rings. The Kier molecular flexibility index (Phi) is 3.07. The number of rotatable bonds is 4. The number of anilines is 1. The van der Waals surface area contributed by atoms with Gasteiger partial charge in [-0.15, -0.1) is 0 Å². The number of fused-ring (bicyclic) bond motifs is 1. The molecule has 2 heterocycles. The van der Waals surface area contributed by atoms with Crippen LogP contribution in [0.25, 0.3) is 11.0 Å². The molecule has 0 saturated carbocycles. The number of hydrogen-bond acceptors (Lipinski definition) is 4. The molecule has 2 aromatic rings. The lowest BCUT2D eigenvalue weighted by Crippen LogP contribution is -2.44. The van der Waals surface area contributed by atoms with Gasteiger partial charge in [0.2, 0.25) is 0 Å². The third-order valence-corrected chi connectivity index (χ3v) is 3.28. The number of nitrogens with zero attached hydrogens (tertiary/aromatic N) is 2. The van der Waals surface area contributed by atoms with E-state index in [4.69, 9.17) is 4.42 Å². The van der Waals surface area contributed by atoms with E-state index in [0.717, 1.165) is 23.3 Å². The summed E-state index contributed by atoms with van der Waals surface area (Å²) in [6.07, 6.45) is 3.45. The Morgan fingerprint density at radius 2 is 2.12 bits per heavy atom. The van der Waals surface area contributed by atoms with E-state index >= 15 is 0 Å². The summed E-state index contributed by atoms with van der Waals surface area (Å²) >= 11 is 0. The molecule has 0 fully saturated rings. The van der Waals surface area contributed by atoms with Crippen LogP contribution in [0.4, 0.5) is 5.82 Å². The Hall–Kier alpha value is -1.55. The van der Waals surface area contributed by atoms with Crippen molar-refractivity contribution in [3.8, 4) is 0 Å². The van der Waals surface area contributed by atoms with Crippen molar-refractivity contribution in [1.29, 1.82) is 0 Å². The van der Waals surface area contributed by atoms with Gasteiger partial charge in [0.05, 0.1) is 11.6 Å². The van der Waals surface area contributed by atoms with Gasteiger partial charge in [-0.1, -0.05) is 0 Å². The number of hydrogen-bond donors (Lipinski definition) is 1. The van der Waals surface area contributed by atoms with E-state index in [1.165, 1.54) is 0 Å². The van der Waals surface area contributed by atoms with E-state index in [1.54, 1.807) is 12.5 Å². The normalized spacial score (nSPS) is 12.3. The smallest absolute Gasteiger partial charge is 0.139 e. The number of pyridine rings is 1. The predicted octanol–water partition coefficient (Wildman–Crippen LogP) is 2.58. The highest BCUT2D eigenvalue weighted by molar-refractivity contribution is 5.87. The molecule has 0 unspecified atom stereocenters. The lowest BCUT2D eigenvalue weighted by atomic mass is 10.0. The molecule has 4 nitrogen and oxygen atoms in total. The molecule has 2 rings (SSSR count). The fraction of sp³-hybridized carbons (Fsp3) is 0.462. The zero-order chi connectivity index (χ0) is 12.5. The summed E-state index contributed by atoms with van der Waals surface area (Å²) in [5, 5.41) is 4.41. The Bertz CT molecular complexity index is 502. The van der Waals surface area contributed by atoms with Crippen LogP contribution in [0.2, 0.25) is 0 Å². The molecule has 0 spiro atoms. The van der Waals surface area contributed by atoms with Crippen molar-refractivity contribution in [3.63, 3.8) is 0 Å². The molecule has 92 valence electrons. The maximum atomic E-state index is 5.35. The van der Waals surface area contributed by atoms with Crippen LogP contribution in [0, 0.1) is 0 Å². The zero-order valence-corrected chi connectivity index (χ0v) is 10.8. The summed E-state index contributed by atoms with van der Waals surface area (Å²) in [7, 11) is 4.15. The van der Waals surface area contributed by atoms with Crippen LogP contribution in [0.1, 0.15) is 13.8 Å². The highest BCUT2D eigenvalue weighted by Gasteiger charge is 2.20. The average Bonchev–Trinajstić information content (AvgIpc) is 2.74. The Morgan fingerprint density at radius 1 is 1.35 bits per heavy atom. The van der Waals surface area contributed by atoms with Crippen LogP contribution in [0.3, 0.4) is 0 Å². The highest BCUT2D eigenvalue weighted by Crippen LogP contribution is 2.22. The van der Waals surface area contributed by atoms with E-state index in [2.05, 4.69) is 43.1 Å². The molecule has 0 amide bonds. The second-order valence-corrected chi connectivity index (χ2v) is 5.05. The molecule has 1 N–H and O–H groups in total. The third kappa shape index (κ3) is 2.42. The van der Waals surface area contributed by atoms with Crippen LogP contribution in [0.15, 0.2) is 29.0 Å². The van der Waals surface area contributed by atoms with Gasteiger partial charge in [-0.25, -0.2) is 4.98 Å². The Labute approximate surface area is 102 Å². The molecule has 4 heteroatoms.